The number of para-hydroxylation sites is 1. The van der Waals surface area contributed by atoms with Crippen LogP contribution < -0.4 is 5.32 Å². The second kappa shape index (κ2) is 9.27. The fourth-order valence-electron chi connectivity index (χ4n) is 4.09. The van der Waals surface area contributed by atoms with Crippen LogP contribution in [-0.4, -0.2) is 24.2 Å². The number of hydrogen-bond donors (Lipinski definition) is 1. The number of hydrogen-bond acceptors (Lipinski definition) is 3. The fourth-order valence-corrected chi connectivity index (χ4v) is 4.09. The number of pyridine rings is 1. The molecule has 1 heterocycles. The third-order valence-corrected chi connectivity index (χ3v) is 5.82. The topological polar surface area (TPSA) is 51.2 Å². The van der Waals surface area contributed by atoms with Crippen LogP contribution in [0.3, 0.4) is 0 Å². The van der Waals surface area contributed by atoms with Crippen molar-refractivity contribution in [1.29, 1.82) is 0 Å². The predicted molar refractivity (Wildman–Crippen MR) is 125 cm³/mol. The highest BCUT2D eigenvalue weighted by Crippen LogP contribution is 2.43. The molecule has 3 aromatic carbocycles. The van der Waals surface area contributed by atoms with E-state index >= 15 is 0 Å². The summed E-state index contributed by atoms with van der Waals surface area (Å²) in [5.41, 5.74) is -0.731. The second-order valence-electron chi connectivity index (χ2n) is 7.93. The van der Waals surface area contributed by atoms with E-state index in [1.165, 1.54) is 24.3 Å². The number of benzene rings is 3. The van der Waals surface area contributed by atoms with Gasteiger partial charge in [-0.25, -0.2) is 4.98 Å². The van der Waals surface area contributed by atoms with Gasteiger partial charge < -0.3 is 10.1 Å². The van der Waals surface area contributed by atoms with Crippen molar-refractivity contribution < 1.29 is 22.7 Å². The lowest BCUT2D eigenvalue weighted by Gasteiger charge is -2.34. The molecule has 0 aliphatic heterocycles. The summed E-state index contributed by atoms with van der Waals surface area (Å²) in [5, 5.41) is 3.36. The molecule has 2 atom stereocenters. The maximum atomic E-state index is 14.3. The van der Waals surface area contributed by atoms with Crippen molar-refractivity contribution in [2.24, 2.45) is 0 Å². The lowest BCUT2D eigenvalue weighted by atomic mass is 9.90. The molecule has 4 nitrogen and oxygen atoms in total. The molecule has 0 spiro atoms. The summed E-state index contributed by atoms with van der Waals surface area (Å²) in [4.78, 5) is 18.0. The number of methoxy groups -OCH3 is 1. The highest BCUT2D eigenvalue weighted by atomic mass is 19.4. The summed E-state index contributed by atoms with van der Waals surface area (Å²) in [5.74, 6) is -1.30. The van der Waals surface area contributed by atoms with Gasteiger partial charge in [-0.3, -0.25) is 4.79 Å². The zero-order chi connectivity index (χ0) is 24.3. The second-order valence-corrected chi connectivity index (χ2v) is 7.93. The number of carbonyl (C=O) groups is 1. The molecule has 1 amide bonds. The average Bonchev–Trinajstić information content (AvgIpc) is 2.84. The Morgan fingerprint density at radius 3 is 2.12 bits per heavy atom. The van der Waals surface area contributed by atoms with Gasteiger partial charge >= 0.3 is 6.18 Å². The van der Waals surface area contributed by atoms with Crippen molar-refractivity contribution in [3.05, 3.63) is 102 Å². The first-order valence-corrected chi connectivity index (χ1v) is 10.7. The maximum absolute atomic E-state index is 14.3. The predicted octanol–water partition coefficient (Wildman–Crippen LogP) is 6.18. The number of halogens is 3. The number of rotatable bonds is 6. The van der Waals surface area contributed by atoms with Crippen molar-refractivity contribution in [3.8, 4) is 11.3 Å². The van der Waals surface area contributed by atoms with Crippen molar-refractivity contribution >= 4 is 16.8 Å². The van der Waals surface area contributed by atoms with Crippen LogP contribution in [0.15, 0.2) is 91.0 Å². The SMILES string of the molecule is CO[C@](C(=O)N[C@H](C)c1cc2ccccc2nc1-c1ccccc1)(c1ccccc1)C(F)(F)F. The minimum absolute atomic E-state index is 0.297. The largest absolute Gasteiger partial charge is 0.430 e. The number of nitrogens with one attached hydrogen (secondary N) is 1. The number of ether oxygens (including phenoxy) is 1. The summed E-state index contributed by atoms with van der Waals surface area (Å²) in [6.07, 6.45) is -4.99. The molecule has 1 N–H and O–H groups in total. The van der Waals surface area contributed by atoms with Crippen LogP contribution in [-0.2, 0) is 15.1 Å². The summed E-state index contributed by atoms with van der Waals surface area (Å²) < 4.78 is 47.9. The average molecular weight is 464 g/mol. The van der Waals surface area contributed by atoms with Crippen molar-refractivity contribution in [3.63, 3.8) is 0 Å². The number of amides is 1. The van der Waals surface area contributed by atoms with Crippen molar-refractivity contribution in [2.45, 2.75) is 24.7 Å². The van der Waals surface area contributed by atoms with Gasteiger partial charge in [0.05, 0.1) is 17.3 Å². The summed E-state index contributed by atoms with van der Waals surface area (Å²) in [6, 6.07) is 24.7. The maximum Gasteiger partial charge on any atom is 0.430 e. The Kier molecular flexibility index (Phi) is 6.39. The Morgan fingerprint density at radius 2 is 1.50 bits per heavy atom. The van der Waals surface area contributed by atoms with E-state index in [0.29, 0.717) is 11.3 Å². The van der Waals surface area contributed by atoms with Gasteiger partial charge in [0.1, 0.15) is 0 Å². The van der Waals surface area contributed by atoms with Gasteiger partial charge in [0.2, 0.25) is 0 Å². The molecule has 0 fully saturated rings. The molecule has 0 aliphatic rings. The number of alkyl halides is 3. The molecule has 0 bridgehead atoms. The minimum atomic E-state index is -4.99. The van der Waals surface area contributed by atoms with Gasteiger partial charge in [-0.1, -0.05) is 78.9 Å². The van der Waals surface area contributed by atoms with Gasteiger partial charge in [0.25, 0.3) is 11.5 Å². The molecule has 1 aromatic heterocycles. The highest BCUT2D eigenvalue weighted by Gasteiger charge is 2.62. The molecule has 0 saturated heterocycles. The van der Waals surface area contributed by atoms with E-state index < -0.39 is 23.7 Å². The van der Waals surface area contributed by atoms with Gasteiger partial charge in [-0.15, -0.1) is 0 Å². The van der Waals surface area contributed by atoms with Crippen LogP contribution in [0.4, 0.5) is 13.2 Å². The fraction of sp³-hybridized carbons (Fsp3) is 0.185. The van der Waals surface area contributed by atoms with E-state index in [4.69, 9.17) is 9.72 Å². The quantitative estimate of drug-likeness (QED) is 0.371. The van der Waals surface area contributed by atoms with Crippen LogP contribution in [0, 0.1) is 0 Å². The van der Waals surface area contributed by atoms with Crippen molar-refractivity contribution in [1.82, 2.24) is 10.3 Å². The molecule has 0 unspecified atom stereocenters. The van der Waals surface area contributed by atoms with Gasteiger partial charge in [0.15, 0.2) is 0 Å². The van der Waals surface area contributed by atoms with Crippen LogP contribution in [0.5, 0.6) is 0 Å². The first-order chi connectivity index (χ1) is 16.3. The molecule has 34 heavy (non-hydrogen) atoms. The van der Waals surface area contributed by atoms with Crippen LogP contribution in [0.2, 0.25) is 0 Å². The zero-order valence-electron chi connectivity index (χ0n) is 18.6. The number of carbonyl (C=O) groups excluding carboxylic acids is 1. The van der Waals surface area contributed by atoms with Gasteiger partial charge in [-0.05, 0) is 19.1 Å². The molecular formula is C27H23F3N2O2. The van der Waals surface area contributed by atoms with E-state index in [1.807, 2.05) is 60.7 Å². The van der Waals surface area contributed by atoms with Crippen LogP contribution in [0.25, 0.3) is 22.2 Å². The Labute approximate surface area is 195 Å². The molecular weight excluding hydrogens is 441 g/mol. The molecule has 4 rings (SSSR count). The van der Waals surface area contributed by atoms with Crippen LogP contribution in [0.1, 0.15) is 24.1 Å². The first kappa shape index (κ1) is 23.4. The normalized spacial score (nSPS) is 14.4. The van der Waals surface area contributed by atoms with E-state index in [-0.39, 0.29) is 5.56 Å². The summed E-state index contributed by atoms with van der Waals surface area (Å²) in [6.45, 7) is 1.64. The highest BCUT2D eigenvalue weighted by molar-refractivity contribution is 5.89. The standard InChI is InChI=1S/C27H23F3N2O2/c1-18(31-25(33)26(34-2,27(28,29)30)21-14-7-4-8-15-21)22-17-20-13-9-10-16-23(20)32-24(22)19-11-5-3-6-12-19/h3-18H,1-2H3,(H,31,33)/t18-,26+/m1/s1. The Hall–Kier alpha value is -3.71. The molecule has 174 valence electrons. The molecule has 4 aromatic rings. The van der Waals surface area contributed by atoms with Gasteiger partial charge in [0, 0.05) is 29.2 Å². The monoisotopic (exact) mass is 464 g/mol. The lowest BCUT2D eigenvalue weighted by Crippen LogP contribution is -2.56. The van der Waals surface area contributed by atoms with E-state index in [2.05, 4.69) is 5.32 Å². The third-order valence-electron chi connectivity index (χ3n) is 5.82. The first-order valence-electron chi connectivity index (χ1n) is 10.7. The Bertz CT molecular complexity index is 1290. The Morgan fingerprint density at radius 1 is 0.912 bits per heavy atom. The van der Waals surface area contributed by atoms with E-state index in [9.17, 15) is 18.0 Å². The summed E-state index contributed by atoms with van der Waals surface area (Å²) >= 11 is 0. The number of fused-ring (bicyclic) bond motifs is 1. The number of nitrogens with zero attached hydrogens (tertiary/aromatic N) is 1. The minimum Gasteiger partial charge on any atom is -0.356 e. The van der Waals surface area contributed by atoms with Gasteiger partial charge in [-0.2, -0.15) is 13.2 Å². The van der Waals surface area contributed by atoms with Crippen LogP contribution >= 0.6 is 0 Å². The molecule has 0 aliphatic carbocycles. The molecule has 0 radical (unpaired) electrons. The Balaban J connectivity index is 1.79. The van der Waals surface area contributed by atoms with E-state index in [0.717, 1.165) is 23.6 Å². The zero-order valence-corrected chi connectivity index (χ0v) is 18.6. The molecule has 7 heteroatoms. The van der Waals surface area contributed by atoms with Crippen molar-refractivity contribution in [2.75, 3.05) is 7.11 Å². The lowest BCUT2D eigenvalue weighted by molar-refractivity contribution is -0.266. The number of aromatic nitrogens is 1. The smallest absolute Gasteiger partial charge is 0.356 e. The van der Waals surface area contributed by atoms with E-state index in [1.54, 1.807) is 13.0 Å². The molecule has 0 saturated carbocycles. The summed E-state index contributed by atoms with van der Waals surface area (Å²) in [7, 11) is 0.887. The third kappa shape index (κ3) is 4.15.